The first-order valence-electron chi connectivity index (χ1n) is 8.88. The van der Waals surface area contributed by atoms with Crippen LogP contribution in [-0.2, 0) is 0 Å². The Hall–Kier alpha value is -0.0400. The first-order valence-corrected chi connectivity index (χ1v) is 8.88. The van der Waals surface area contributed by atoms with Gasteiger partial charge in [0.2, 0.25) is 0 Å². The van der Waals surface area contributed by atoms with Gasteiger partial charge in [0.05, 0.1) is 6.10 Å². The van der Waals surface area contributed by atoms with Gasteiger partial charge in [-0.3, -0.25) is 0 Å². The van der Waals surface area contributed by atoms with Crippen LogP contribution in [0.5, 0.6) is 0 Å². The Morgan fingerprint density at radius 2 is 1.21 bits per heavy atom. The molecule has 0 fully saturated rings. The summed E-state index contributed by atoms with van der Waals surface area (Å²) < 4.78 is 0. The Labute approximate surface area is 122 Å². The molecule has 0 amide bonds. The Bertz CT molecular complexity index is 167. The molecule has 0 aliphatic rings. The standard InChI is InChI=1S/C18H38O/c1-4-6-7-8-9-10-11-15-18(19)16-12-14-17(3)13-5-2/h17-19H,4-16H2,1-3H3. The minimum absolute atomic E-state index is 0.0375. The average Bonchev–Trinajstić information content (AvgIpc) is 2.38. The Morgan fingerprint density at radius 3 is 1.84 bits per heavy atom. The summed E-state index contributed by atoms with van der Waals surface area (Å²) in [5.74, 6) is 0.843. The molecule has 0 aromatic rings. The van der Waals surface area contributed by atoms with Crippen LogP contribution < -0.4 is 0 Å². The van der Waals surface area contributed by atoms with Crippen LogP contribution in [0.1, 0.15) is 104 Å². The van der Waals surface area contributed by atoms with Crippen LogP contribution >= 0.6 is 0 Å². The minimum Gasteiger partial charge on any atom is -0.393 e. The molecule has 0 aromatic carbocycles. The second-order valence-electron chi connectivity index (χ2n) is 6.39. The molecule has 0 radical (unpaired) electrons. The van der Waals surface area contributed by atoms with Crippen molar-refractivity contribution in [3.63, 3.8) is 0 Å². The lowest BCUT2D eigenvalue weighted by Crippen LogP contribution is -2.07. The van der Waals surface area contributed by atoms with Crippen molar-refractivity contribution < 1.29 is 5.11 Å². The van der Waals surface area contributed by atoms with E-state index in [1.165, 1.54) is 70.6 Å². The normalized spacial score (nSPS) is 14.5. The highest BCUT2D eigenvalue weighted by molar-refractivity contribution is 4.59. The number of hydrogen-bond acceptors (Lipinski definition) is 1. The molecule has 0 saturated carbocycles. The topological polar surface area (TPSA) is 20.2 Å². The molecule has 0 aliphatic carbocycles. The summed E-state index contributed by atoms with van der Waals surface area (Å²) in [6.07, 6.45) is 16.5. The lowest BCUT2D eigenvalue weighted by Gasteiger charge is -2.13. The molecule has 0 aliphatic heterocycles. The lowest BCUT2D eigenvalue weighted by atomic mass is 9.97. The molecule has 19 heavy (non-hydrogen) atoms. The van der Waals surface area contributed by atoms with Gasteiger partial charge in [-0.2, -0.15) is 0 Å². The van der Waals surface area contributed by atoms with Crippen molar-refractivity contribution in [1.82, 2.24) is 0 Å². The van der Waals surface area contributed by atoms with E-state index in [0.29, 0.717) is 0 Å². The zero-order chi connectivity index (χ0) is 14.3. The van der Waals surface area contributed by atoms with Crippen LogP contribution in [0.3, 0.4) is 0 Å². The number of aliphatic hydroxyl groups excluding tert-OH is 1. The maximum Gasteiger partial charge on any atom is 0.0540 e. The minimum atomic E-state index is -0.0375. The fraction of sp³-hybridized carbons (Fsp3) is 1.00. The largest absolute Gasteiger partial charge is 0.393 e. The van der Waals surface area contributed by atoms with Crippen LogP contribution in [0.25, 0.3) is 0 Å². The van der Waals surface area contributed by atoms with E-state index in [1.54, 1.807) is 0 Å². The number of unbranched alkanes of at least 4 members (excludes halogenated alkanes) is 6. The van der Waals surface area contributed by atoms with E-state index in [2.05, 4.69) is 20.8 Å². The second kappa shape index (κ2) is 14.4. The van der Waals surface area contributed by atoms with Crippen LogP contribution in [0.2, 0.25) is 0 Å². The highest BCUT2D eigenvalue weighted by Crippen LogP contribution is 2.17. The summed E-state index contributed by atoms with van der Waals surface area (Å²) in [5.41, 5.74) is 0. The van der Waals surface area contributed by atoms with Gasteiger partial charge in [0.1, 0.15) is 0 Å². The van der Waals surface area contributed by atoms with E-state index in [-0.39, 0.29) is 6.10 Å². The van der Waals surface area contributed by atoms with Gasteiger partial charge in [-0.25, -0.2) is 0 Å². The van der Waals surface area contributed by atoms with E-state index in [9.17, 15) is 5.11 Å². The summed E-state index contributed by atoms with van der Waals surface area (Å²) in [7, 11) is 0. The van der Waals surface area contributed by atoms with Gasteiger partial charge in [-0.05, 0) is 18.8 Å². The first kappa shape index (κ1) is 19.0. The zero-order valence-corrected chi connectivity index (χ0v) is 13.8. The van der Waals surface area contributed by atoms with Crippen molar-refractivity contribution in [2.24, 2.45) is 5.92 Å². The van der Waals surface area contributed by atoms with Crippen molar-refractivity contribution in [3.8, 4) is 0 Å². The molecule has 2 atom stereocenters. The van der Waals surface area contributed by atoms with Gasteiger partial charge in [0, 0.05) is 0 Å². The number of hydrogen-bond donors (Lipinski definition) is 1. The maximum atomic E-state index is 9.93. The van der Waals surface area contributed by atoms with E-state index in [0.717, 1.165) is 18.8 Å². The Morgan fingerprint density at radius 1 is 0.632 bits per heavy atom. The molecule has 1 heteroatoms. The summed E-state index contributed by atoms with van der Waals surface area (Å²) in [4.78, 5) is 0. The second-order valence-corrected chi connectivity index (χ2v) is 6.39. The summed E-state index contributed by atoms with van der Waals surface area (Å²) >= 11 is 0. The van der Waals surface area contributed by atoms with E-state index in [4.69, 9.17) is 0 Å². The van der Waals surface area contributed by atoms with Gasteiger partial charge >= 0.3 is 0 Å². The summed E-state index contributed by atoms with van der Waals surface area (Å²) in [6, 6.07) is 0. The SMILES string of the molecule is CCCCCCCCCC(O)CCCC(C)CCC. The molecule has 1 nitrogen and oxygen atoms in total. The average molecular weight is 271 g/mol. The van der Waals surface area contributed by atoms with Crippen LogP contribution in [-0.4, -0.2) is 11.2 Å². The predicted molar refractivity (Wildman–Crippen MR) is 86.5 cm³/mol. The lowest BCUT2D eigenvalue weighted by molar-refractivity contribution is 0.145. The predicted octanol–water partition coefficient (Wildman–Crippen LogP) is 6.09. The molecule has 1 N–H and O–H groups in total. The highest BCUT2D eigenvalue weighted by atomic mass is 16.3. The smallest absolute Gasteiger partial charge is 0.0540 e. The third-order valence-corrected chi connectivity index (χ3v) is 4.16. The molecule has 0 saturated heterocycles. The van der Waals surface area contributed by atoms with Crippen molar-refractivity contribution in [2.75, 3.05) is 0 Å². The Kier molecular flexibility index (Phi) is 14.3. The van der Waals surface area contributed by atoms with Gasteiger partial charge < -0.3 is 5.11 Å². The molecule has 0 aromatic heterocycles. The van der Waals surface area contributed by atoms with E-state index < -0.39 is 0 Å². The van der Waals surface area contributed by atoms with Crippen molar-refractivity contribution in [3.05, 3.63) is 0 Å². The van der Waals surface area contributed by atoms with Gasteiger partial charge in [0.15, 0.2) is 0 Å². The van der Waals surface area contributed by atoms with E-state index >= 15 is 0 Å². The Balaban J connectivity index is 3.23. The molecule has 0 bridgehead atoms. The fourth-order valence-electron chi connectivity index (χ4n) is 2.82. The molecule has 0 spiro atoms. The van der Waals surface area contributed by atoms with Crippen molar-refractivity contribution in [2.45, 2.75) is 110 Å². The summed E-state index contributed by atoms with van der Waals surface area (Å²) in [5, 5.41) is 9.93. The zero-order valence-electron chi connectivity index (χ0n) is 13.8. The van der Waals surface area contributed by atoms with Gasteiger partial charge in [0.25, 0.3) is 0 Å². The van der Waals surface area contributed by atoms with Gasteiger partial charge in [-0.15, -0.1) is 0 Å². The molecular formula is C18H38O. The first-order chi connectivity index (χ1) is 9.20. The molecule has 0 heterocycles. The highest BCUT2D eigenvalue weighted by Gasteiger charge is 2.06. The monoisotopic (exact) mass is 270 g/mol. The number of aliphatic hydroxyl groups is 1. The third kappa shape index (κ3) is 14.2. The van der Waals surface area contributed by atoms with E-state index in [1.807, 2.05) is 0 Å². The van der Waals surface area contributed by atoms with Gasteiger partial charge in [-0.1, -0.05) is 91.4 Å². The molecular weight excluding hydrogens is 232 g/mol. The fourth-order valence-corrected chi connectivity index (χ4v) is 2.82. The van der Waals surface area contributed by atoms with Crippen LogP contribution in [0.15, 0.2) is 0 Å². The summed E-state index contributed by atoms with van der Waals surface area (Å²) in [6.45, 7) is 6.86. The molecule has 0 rings (SSSR count). The van der Waals surface area contributed by atoms with Crippen molar-refractivity contribution in [1.29, 1.82) is 0 Å². The quantitative estimate of drug-likeness (QED) is 0.378. The van der Waals surface area contributed by atoms with Crippen molar-refractivity contribution >= 4 is 0 Å². The molecule has 116 valence electrons. The van der Waals surface area contributed by atoms with Crippen LogP contribution in [0, 0.1) is 5.92 Å². The molecule has 2 unspecified atom stereocenters. The van der Waals surface area contributed by atoms with Crippen LogP contribution in [0.4, 0.5) is 0 Å². The third-order valence-electron chi connectivity index (χ3n) is 4.16. The number of rotatable bonds is 14. The maximum absolute atomic E-state index is 9.93.